The van der Waals surface area contributed by atoms with Gasteiger partial charge in [0.2, 0.25) is 0 Å². The fourth-order valence-electron chi connectivity index (χ4n) is 2.57. The quantitative estimate of drug-likeness (QED) is 0.749. The Hall–Kier alpha value is -0.0800. The molecule has 0 amide bonds. The molecule has 2 nitrogen and oxygen atoms in total. The van der Waals surface area contributed by atoms with E-state index in [0.29, 0.717) is 11.5 Å². The van der Waals surface area contributed by atoms with E-state index in [1.54, 1.807) is 0 Å². The van der Waals surface area contributed by atoms with E-state index in [1.807, 2.05) is 0 Å². The highest BCUT2D eigenvalue weighted by atomic mass is 15.1. The molecule has 1 N–H and O–H groups in total. The molecule has 1 fully saturated rings. The third-order valence-electron chi connectivity index (χ3n) is 3.99. The van der Waals surface area contributed by atoms with Gasteiger partial charge in [-0.2, -0.15) is 0 Å². The van der Waals surface area contributed by atoms with Crippen molar-refractivity contribution in [3.63, 3.8) is 0 Å². The average molecular weight is 226 g/mol. The predicted molar refractivity (Wildman–Crippen MR) is 71.8 cm³/mol. The number of rotatable bonds is 6. The summed E-state index contributed by atoms with van der Waals surface area (Å²) in [6.45, 7) is 9.49. The van der Waals surface area contributed by atoms with Gasteiger partial charge in [-0.3, -0.25) is 0 Å². The second-order valence-corrected chi connectivity index (χ2v) is 6.56. The summed E-state index contributed by atoms with van der Waals surface area (Å²) in [6.07, 6.45) is 5.63. The molecule has 0 aliphatic heterocycles. The Bertz CT molecular complexity index is 191. The van der Waals surface area contributed by atoms with E-state index in [2.05, 4.69) is 45.1 Å². The fourth-order valence-corrected chi connectivity index (χ4v) is 2.57. The average Bonchev–Trinajstić information content (AvgIpc) is 2.10. The van der Waals surface area contributed by atoms with Gasteiger partial charge in [-0.1, -0.05) is 27.2 Å². The minimum atomic E-state index is 0.367. The summed E-state index contributed by atoms with van der Waals surface area (Å²) in [6, 6.07) is 0.622. The molecule has 1 aliphatic rings. The molecule has 2 heteroatoms. The van der Waals surface area contributed by atoms with Crippen LogP contribution in [0.3, 0.4) is 0 Å². The van der Waals surface area contributed by atoms with E-state index in [0.717, 1.165) is 5.92 Å². The number of hydrogen-bond acceptors (Lipinski definition) is 2. The van der Waals surface area contributed by atoms with Crippen LogP contribution in [0.5, 0.6) is 0 Å². The molecule has 96 valence electrons. The van der Waals surface area contributed by atoms with Crippen LogP contribution >= 0.6 is 0 Å². The van der Waals surface area contributed by atoms with E-state index in [9.17, 15) is 0 Å². The maximum absolute atomic E-state index is 3.45. The number of nitrogens with zero attached hydrogens (tertiary/aromatic N) is 1. The summed E-state index contributed by atoms with van der Waals surface area (Å²) < 4.78 is 0. The minimum absolute atomic E-state index is 0.367. The van der Waals surface area contributed by atoms with Gasteiger partial charge in [0.1, 0.15) is 0 Å². The van der Waals surface area contributed by atoms with Crippen molar-refractivity contribution in [2.45, 2.75) is 52.5 Å². The summed E-state index contributed by atoms with van der Waals surface area (Å²) in [5.41, 5.74) is 0.367. The summed E-state index contributed by atoms with van der Waals surface area (Å²) in [7, 11) is 4.36. The molecule has 1 saturated carbocycles. The van der Waals surface area contributed by atoms with E-state index < -0.39 is 0 Å². The van der Waals surface area contributed by atoms with Crippen LogP contribution in [0.1, 0.15) is 46.5 Å². The Labute approximate surface area is 102 Å². The second-order valence-electron chi connectivity index (χ2n) is 6.56. The highest BCUT2D eigenvalue weighted by molar-refractivity contribution is 4.80. The lowest BCUT2D eigenvalue weighted by molar-refractivity contribution is 0.182. The SMILES string of the molecule is CNC(CCN(C)CC1CCC1)C(C)(C)C. The van der Waals surface area contributed by atoms with Crippen molar-refractivity contribution in [1.29, 1.82) is 0 Å². The maximum Gasteiger partial charge on any atom is 0.0125 e. The molecule has 0 aromatic rings. The number of nitrogens with one attached hydrogen (secondary N) is 1. The first-order valence-corrected chi connectivity index (χ1v) is 6.79. The van der Waals surface area contributed by atoms with Crippen LogP contribution in [-0.2, 0) is 0 Å². The van der Waals surface area contributed by atoms with Crippen molar-refractivity contribution >= 4 is 0 Å². The lowest BCUT2D eigenvalue weighted by atomic mass is 9.84. The molecule has 1 unspecified atom stereocenters. The van der Waals surface area contributed by atoms with Gasteiger partial charge < -0.3 is 10.2 Å². The van der Waals surface area contributed by atoms with Crippen molar-refractivity contribution in [3.8, 4) is 0 Å². The zero-order valence-corrected chi connectivity index (χ0v) is 11.8. The van der Waals surface area contributed by atoms with E-state index in [1.165, 1.54) is 38.8 Å². The van der Waals surface area contributed by atoms with Gasteiger partial charge in [-0.05, 0) is 51.2 Å². The topological polar surface area (TPSA) is 15.3 Å². The molecule has 0 aromatic heterocycles. The van der Waals surface area contributed by atoms with Crippen molar-refractivity contribution in [3.05, 3.63) is 0 Å². The van der Waals surface area contributed by atoms with Crippen molar-refractivity contribution < 1.29 is 0 Å². The monoisotopic (exact) mass is 226 g/mol. The smallest absolute Gasteiger partial charge is 0.0125 e. The van der Waals surface area contributed by atoms with Gasteiger partial charge in [0.15, 0.2) is 0 Å². The predicted octanol–water partition coefficient (Wildman–Crippen LogP) is 2.74. The molecule has 1 rings (SSSR count). The minimum Gasteiger partial charge on any atom is -0.316 e. The van der Waals surface area contributed by atoms with E-state index >= 15 is 0 Å². The Morgan fingerprint density at radius 3 is 2.31 bits per heavy atom. The van der Waals surface area contributed by atoms with E-state index in [-0.39, 0.29) is 0 Å². The van der Waals surface area contributed by atoms with Crippen molar-refractivity contribution in [2.24, 2.45) is 11.3 Å². The zero-order chi connectivity index (χ0) is 12.2. The second kappa shape index (κ2) is 6.02. The summed E-state index contributed by atoms with van der Waals surface area (Å²) in [5, 5.41) is 3.45. The van der Waals surface area contributed by atoms with Gasteiger partial charge >= 0.3 is 0 Å². The summed E-state index contributed by atoms with van der Waals surface area (Å²) in [5.74, 6) is 0.993. The fraction of sp³-hybridized carbons (Fsp3) is 1.00. The van der Waals surface area contributed by atoms with Gasteiger partial charge in [0.05, 0.1) is 0 Å². The number of hydrogen-bond donors (Lipinski definition) is 1. The molecule has 0 saturated heterocycles. The summed E-state index contributed by atoms with van der Waals surface area (Å²) in [4.78, 5) is 2.51. The third-order valence-corrected chi connectivity index (χ3v) is 3.99. The van der Waals surface area contributed by atoms with Crippen LogP contribution in [-0.4, -0.2) is 38.1 Å². The zero-order valence-electron chi connectivity index (χ0n) is 11.8. The molecular weight excluding hydrogens is 196 g/mol. The normalized spacial score (nSPS) is 19.9. The van der Waals surface area contributed by atoms with Crippen LogP contribution in [0.25, 0.3) is 0 Å². The first-order chi connectivity index (χ1) is 7.43. The van der Waals surface area contributed by atoms with Gasteiger partial charge in [0.25, 0.3) is 0 Å². The molecule has 0 radical (unpaired) electrons. The molecule has 0 aromatic carbocycles. The van der Waals surface area contributed by atoms with Crippen LogP contribution in [0.15, 0.2) is 0 Å². The highest BCUT2D eigenvalue weighted by Gasteiger charge is 2.24. The molecule has 0 bridgehead atoms. The van der Waals surface area contributed by atoms with Gasteiger partial charge in [0, 0.05) is 12.6 Å². The Morgan fingerprint density at radius 1 is 1.31 bits per heavy atom. The van der Waals surface area contributed by atoms with Gasteiger partial charge in [-0.15, -0.1) is 0 Å². The highest BCUT2D eigenvalue weighted by Crippen LogP contribution is 2.27. The van der Waals surface area contributed by atoms with Crippen LogP contribution in [0, 0.1) is 11.3 Å². The van der Waals surface area contributed by atoms with Crippen LogP contribution in [0.4, 0.5) is 0 Å². The third kappa shape index (κ3) is 4.42. The Morgan fingerprint density at radius 2 is 1.94 bits per heavy atom. The first kappa shape index (κ1) is 14.0. The molecule has 16 heavy (non-hydrogen) atoms. The van der Waals surface area contributed by atoms with Crippen LogP contribution < -0.4 is 5.32 Å². The lowest BCUT2D eigenvalue weighted by Gasteiger charge is -2.34. The molecular formula is C14H30N2. The molecule has 0 spiro atoms. The lowest BCUT2D eigenvalue weighted by Crippen LogP contribution is -2.41. The molecule has 0 heterocycles. The van der Waals surface area contributed by atoms with E-state index in [4.69, 9.17) is 0 Å². The molecule has 1 atom stereocenters. The molecule has 1 aliphatic carbocycles. The maximum atomic E-state index is 3.45. The van der Waals surface area contributed by atoms with Crippen molar-refractivity contribution in [1.82, 2.24) is 10.2 Å². The van der Waals surface area contributed by atoms with Gasteiger partial charge in [-0.25, -0.2) is 0 Å². The van der Waals surface area contributed by atoms with Crippen LogP contribution in [0.2, 0.25) is 0 Å². The largest absolute Gasteiger partial charge is 0.316 e. The Kier molecular flexibility index (Phi) is 5.26. The first-order valence-electron chi connectivity index (χ1n) is 6.79. The Balaban J connectivity index is 2.20. The summed E-state index contributed by atoms with van der Waals surface area (Å²) >= 11 is 0. The van der Waals surface area contributed by atoms with Crippen molar-refractivity contribution in [2.75, 3.05) is 27.2 Å². The standard InChI is InChI=1S/C14H30N2/c1-14(2,3)13(15-4)9-10-16(5)11-12-7-6-8-12/h12-13,15H,6-11H2,1-5H3.